The van der Waals surface area contributed by atoms with Gasteiger partial charge in [-0.05, 0) is 18.1 Å². The number of phenols is 1. The van der Waals surface area contributed by atoms with E-state index in [0.29, 0.717) is 12.2 Å². The first-order valence-electron chi connectivity index (χ1n) is 4.49. The Hall–Kier alpha value is -1.22. The average Bonchev–Trinajstić information content (AvgIpc) is 2.11. The SMILES string of the molecule is CCCc1cc(N)c(O)c(CN)c1. The van der Waals surface area contributed by atoms with Gasteiger partial charge in [0.1, 0.15) is 5.75 Å². The van der Waals surface area contributed by atoms with Gasteiger partial charge < -0.3 is 16.6 Å². The highest BCUT2D eigenvalue weighted by atomic mass is 16.3. The van der Waals surface area contributed by atoms with Gasteiger partial charge >= 0.3 is 0 Å². The highest BCUT2D eigenvalue weighted by Gasteiger charge is 2.05. The molecule has 0 aromatic heterocycles. The number of rotatable bonds is 3. The van der Waals surface area contributed by atoms with Crippen molar-refractivity contribution in [2.24, 2.45) is 5.73 Å². The second-order valence-corrected chi connectivity index (χ2v) is 3.15. The van der Waals surface area contributed by atoms with Gasteiger partial charge in [0.2, 0.25) is 0 Å². The molecule has 3 nitrogen and oxygen atoms in total. The molecule has 0 atom stereocenters. The summed E-state index contributed by atoms with van der Waals surface area (Å²) in [6, 6.07) is 3.72. The third-order valence-corrected chi connectivity index (χ3v) is 2.04. The number of hydrogen-bond donors (Lipinski definition) is 3. The number of anilines is 1. The largest absolute Gasteiger partial charge is 0.505 e. The summed E-state index contributed by atoms with van der Waals surface area (Å²) in [6.07, 6.45) is 2.03. The lowest BCUT2D eigenvalue weighted by Gasteiger charge is -2.08. The molecule has 0 saturated heterocycles. The number of nitrogens with two attached hydrogens (primary N) is 2. The summed E-state index contributed by atoms with van der Waals surface area (Å²) in [5, 5.41) is 9.49. The first kappa shape index (κ1) is 9.86. The monoisotopic (exact) mass is 180 g/mol. The fourth-order valence-electron chi connectivity index (χ4n) is 1.38. The predicted octanol–water partition coefficient (Wildman–Crippen LogP) is 1.39. The van der Waals surface area contributed by atoms with E-state index < -0.39 is 0 Å². The lowest BCUT2D eigenvalue weighted by Crippen LogP contribution is -2.00. The van der Waals surface area contributed by atoms with Crippen molar-refractivity contribution in [3.05, 3.63) is 23.3 Å². The zero-order chi connectivity index (χ0) is 9.84. The average molecular weight is 180 g/mol. The van der Waals surface area contributed by atoms with Crippen molar-refractivity contribution in [2.45, 2.75) is 26.3 Å². The third-order valence-electron chi connectivity index (χ3n) is 2.04. The quantitative estimate of drug-likeness (QED) is 0.486. The fraction of sp³-hybridized carbons (Fsp3) is 0.400. The topological polar surface area (TPSA) is 72.3 Å². The van der Waals surface area contributed by atoms with Gasteiger partial charge in [-0.2, -0.15) is 0 Å². The molecule has 0 heterocycles. The summed E-state index contributed by atoms with van der Waals surface area (Å²) in [6.45, 7) is 2.43. The van der Waals surface area contributed by atoms with Crippen LogP contribution in [0.5, 0.6) is 5.75 Å². The Labute approximate surface area is 78.4 Å². The molecular formula is C10H16N2O. The highest BCUT2D eigenvalue weighted by molar-refractivity contribution is 5.58. The smallest absolute Gasteiger partial charge is 0.142 e. The Kier molecular flexibility index (Phi) is 3.14. The van der Waals surface area contributed by atoms with Crippen LogP contribution in [0.2, 0.25) is 0 Å². The van der Waals surface area contributed by atoms with E-state index in [9.17, 15) is 5.11 Å². The van der Waals surface area contributed by atoms with Gasteiger partial charge in [0.25, 0.3) is 0 Å². The van der Waals surface area contributed by atoms with E-state index >= 15 is 0 Å². The molecule has 0 bridgehead atoms. The number of aryl methyl sites for hydroxylation is 1. The van der Waals surface area contributed by atoms with Gasteiger partial charge in [0.15, 0.2) is 0 Å². The molecule has 0 radical (unpaired) electrons. The second kappa shape index (κ2) is 4.14. The van der Waals surface area contributed by atoms with Crippen LogP contribution in [0.15, 0.2) is 12.1 Å². The number of hydrogen-bond acceptors (Lipinski definition) is 3. The lowest BCUT2D eigenvalue weighted by atomic mass is 10.0. The molecule has 0 saturated carbocycles. The Morgan fingerprint density at radius 3 is 2.62 bits per heavy atom. The van der Waals surface area contributed by atoms with Crippen LogP contribution in [0, 0.1) is 0 Å². The molecule has 13 heavy (non-hydrogen) atoms. The highest BCUT2D eigenvalue weighted by Crippen LogP contribution is 2.26. The predicted molar refractivity (Wildman–Crippen MR) is 54.4 cm³/mol. The van der Waals surface area contributed by atoms with Gasteiger partial charge in [-0.3, -0.25) is 0 Å². The van der Waals surface area contributed by atoms with E-state index in [4.69, 9.17) is 11.5 Å². The van der Waals surface area contributed by atoms with Crippen LogP contribution in [0.3, 0.4) is 0 Å². The molecule has 0 unspecified atom stereocenters. The zero-order valence-corrected chi connectivity index (χ0v) is 7.88. The summed E-state index contributed by atoms with van der Waals surface area (Å²) in [5.41, 5.74) is 13.4. The number of aromatic hydroxyl groups is 1. The first-order chi connectivity index (χ1) is 6.19. The van der Waals surface area contributed by atoms with Crippen LogP contribution in [0.25, 0.3) is 0 Å². The molecule has 0 amide bonds. The van der Waals surface area contributed by atoms with E-state index in [-0.39, 0.29) is 5.75 Å². The van der Waals surface area contributed by atoms with Crippen LogP contribution in [-0.2, 0) is 13.0 Å². The lowest BCUT2D eigenvalue weighted by molar-refractivity contribution is 0.471. The normalized spacial score (nSPS) is 10.3. The van der Waals surface area contributed by atoms with Crippen LogP contribution < -0.4 is 11.5 Å². The van der Waals surface area contributed by atoms with Crippen molar-refractivity contribution in [1.82, 2.24) is 0 Å². The Morgan fingerprint density at radius 1 is 1.38 bits per heavy atom. The molecule has 0 spiro atoms. The van der Waals surface area contributed by atoms with Crippen LogP contribution in [0.1, 0.15) is 24.5 Å². The molecule has 72 valence electrons. The van der Waals surface area contributed by atoms with Gasteiger partial charge in [-0.15, -0.1) is 0 Å². The van der Waals surface area contributed by atoms with Gasteiger partial charge in [0, 0.05) is 12.1 Å². The van der Waals surface area contributed by atoms with Crippen molar-refractivity contribution in [3.63, 3.8) is 0 Å². The molecule has 0 aliphatic carbocycles. The minimum absolute atomic E-state index is 0.127. The molecule has 1 aromatic rings. The van der Waals surface area contributed by atoms with E-state index in [1.807, 2.05) is 6.07 Å². The maximum absolute atomic E-state index is 9.49. The summed E-state index contributed by atoms with van der Waals surface area (Å²) in [7, 11) is 0. The molecule has 0 aliphatic heterocycles. The third kappa shape index (κ3) is 2.12. The van der Waals surface area contributed by atoms with Crippen LogP contribution in [0.4, 0.5) is 5.69 Å². The minimum Gasteiger partial charge on any atom is -0.505 e. The van der Waals surface area contributed by atoms with Crippen LogP contribution in [-0.4, -0.2) is 5.11 Å². The first-order valence-corrected chi connectivity index (χ1v) is 4.49. The number of phenolic OH excluding ortho intramolecular Hbond substituents is 1. The Balaban J connectivity index is 3.06. The van der Waals surface area contributed by atoms with Crippen molar-refractivity contribution in [2.75, 3.05) is 5.73 Å². The van der Waals surface area contributed by atoms with Crippen molar-refractivity contribution >= 4 is 5.69 Å². The second-order valence-electron chi connectivity index (χ2n) is 3.15. The summed E-state index contributed by atoms with van der Waals surface area (Å²) >= 11 is 0. The molecule has 3 heteroatoms. The number of nitrogen functional groups attached to an aromatic ring is 1. The molecule has 1 rings (SSSR count). The van der Waals surface area contributed by atoms with E-state index in [2.05, 4.69) is 6.92 Å². The van der Waals surface area contributed by atoms with E-state index in [1.54, 1.807) is 6.07 Å². The minimum atomic E-state index is 0.127. The maximum atomic E-state index is 9.49. The standard InChI is InChI=1S/C10H16N2O/c1-2-3-7-4-8(6-11)10(13)9(12)5-7/h4-5,13H,2-3,6,11-12H2,1H3. The van der Waals surface area contributed by atoms with E-state index in [1.165, 1.54) is 0 Å². The Bertz CT molecular complexity index is 297. The summed E-state index contributed by atoms with van der Waals surface area (Å²) < 4.78 is 0. The van der Waals surface area contributed by atoms with Gasteiger partial charge in [-0.1, -0.05) is 19.4 Å². The van der Waals surface area contributed by atoms with E-state index in [0.717, 1.165) is 24.0 Å². The molecule has 0 fully saturated rings. The summed E-state index contributed by atoms with van der Waals surface area (Å²) in [4.78, 5) is 0. The van der Waals surface area contributed by atoms with Crippen molar-refractivity contribution in [1.29, 1.82) is 0 Å². The van der Waals surface area contributed by atoms with Crippen molar-refractivity contribution in [3.8, 4) is 5.75 Å². The molecular weight excluding hydrogens is 164 g/mol. The molecule has 5 N–H and O–H groups in total. The molecule has 0 aliphatic rings. The maximum Gasteiger partial charge on any atom is 0.142 e. The Morgan fingerprint density at radius 2 is 2.08 bits per heavy atom. The fourth-order valence-corrected chi connectivity index (χ4v) is 1.38. The zero-order valence-electron chi connectivity index (χ0n) is 7.88. The number of benzene rings is 1. The van der Waals surface area contributed by atoms with Gasteiger partial charge in [-0.25, -0.2) is 0 Å². The van der Waals surface area contributed by atoms with Crippen LogP contribution >= 0.6 is 0 Å². The molecule has 1 aromatic carbocycles. The van der Waals surface area contributed by atoms with Gasteiger partial charge in [0.05, 0.1) is 5.69 Å². The summed E-state index contributed by atoms with van der Waals surface area (Å²) in [5.74, 6) is 0.127. The van der Waals surface area contributed by atoms with Crippen molar-refractivity contribution < 1.29 is 5.11 Å².